The molecule has 0 saturated carbocycles. The number of halogens is 2. The number of piperazine rings is 1. The molecule has 5 heteroatoms. The van der Waals surface area contributed by atoms with Gasteiger partial charge < -0.3 is 15.0 Å². The topological polar surface area (TPSA) is 24.5 Å². The Morgan fingerprint density at radius 1 is 1.30 bits per heavy atom. The maximum Gasteiger partial charge on any atom is 0.267 e. The van der Waals surface area contributed by atoms with Gasteiger partial charge in [0, 0.05) is 32.7 Å². The third-order valence-corrected chi connectivity index (χ3v) is 3.85. The molecule has 20 heavy (non-hydrogen) atoms. The molecular formula is C15H22F2N2O. The van der Waals surface area contributed by atoms with Gasteiger partial charge in [-0.3, -0.25) is 0 Å². The van der Waals surface area contributed by atoms with E-state index in [1.807, 2.05) is 6.92 Å². The molecule has 1 aromatic rings. The number of rotatable bonds is 5. The molecule has 0 amide bonds. The second kappa shape index (κ2) is 6.99. The van der Waals surface area contributed by atoms with Crippen LogP contribution in [-0.2, 0) is 6.42 Å². The fraction of sp³-hybridized carbons (Fsp3) is 0.600. The first-order valence-electron chi connectivity index (χ1n) is 7.01. The first-order valence-corrected chi connectivity index (χ1v) is 7.01. The Morgan fingerprint density at radius 2 is 2.00 bits per heavy atom. The molecule has 1 heterocycles. The van der Waals surface area contributed by atoms with Crippen molar-refractivity contribution in [2.45, 2.75) is 19.8 Å². The van der Waals surface area contributed by atoms with E-state index in [0.29, 0.717) is 5.75 Å². The van der Waals surface area contributed by atoms with Crippen LogP contribution >= 0.6 is 0 Å². The van der Waals surface area contributed by atoms with Gasteiger partial charge in [0.1, 0.15) is 5.75 Å². The van der Waals surface area contributed by atoms with E-state index < -0.39 is 6.43 Å². The molecule has 112 valence electrons. The summed E-state index contributed by atoms with van der Waals surface area (Å²) in [6, 6.07) is 3.23. The van der Waals surface area contributed by atoms with Crippen LogP contribution in [0.2, 0.25) is 0 Å². The number of nitrogens with zero attached hydrogens (tertiary/aromatic N) is 1. The minimum Gasteiger partial charge on any atom is -0.496 e. The lowest BCUT2D eigenvalue weighted by Crippen LogP contribution is -2.44. The average molecular weight is 284 g/mol. The molecule has 2 rings (SSSR count). The Balaban J connectivity index is 2.14. The van der Waals surface area contributed by atoms with E-state index in [9.17, 15) is 8.78 Å². The van der Waals surface area contributed by atoms with Gasteiger partial charge in [-0.25, -0.2) is 8.78 Å². The van der Waals surface area contributed by atoms with Gasteiger partial charge in [-0.05, 0) is 30.5 Å². The van der Waals surface area contributed by atoms with Crippen LogP contribution in [0.15, 0.2) is 12.1 Å². The molecule has 0 atom stereocenters. The highest BCUT2D eigenvalue weighted by atomic mass is 19.3. The van der Waals surface area contributed by atoms with Gasteiger partial charge >= 0.3 is 0 Å². The molecule has 1 aliphatic rings. The van der Waals surface area contributed by atoms with Crippen molar-refractivity contribution in [2.24, 2.45) is 0 Å². The summed E-state index contributed by atoms with van der Waals surface area (Å²) < 4.78 is 31.3. The van der Waals surface area contributed by atoms with E-state index in [4.69, 9.17) is 4.74 Å². The Hall–Kier alpha value is -1.20. The molecule has 0 bridgehead atoms. The maximum atomic E-state index is 13.0. The molecule has 0 radical (unpaired) electrons. The maximum absolute atomic E-state index is 13.0. The van der Waals surface area contributed by atoms with Crippen LogP contribution in [0, 0.1) is 6.92 Å². The zero-order valence-corrected chi connectivity index (χ0v) is 12.1. The number of methoxy groups -OCH3 is 1. The first kappa shape index (κ1) is 15.2. The van der Waals surface area contributed by atoms with Crippen molar-refractivity contribution in [2.75, 3.05) is 39.8 Å². The van der Waals surface area contributed by atoms with Crippen LogP contribution in [0.4, 0.5) is 8.78 Å². The van der Waals surface area contributed by atoms with E-state index >= 15 is 0 Å². The molecule has 1 saturated heterocycles. The lowest BCUT2D eigenvalue weighted by atomic mass is 10.00. The lowest BCUT2D eigenvalue weighted by Gasteiger charge is -2.27. The van der Waals surface area contributed by atoms with E-state index in [-0.39, 0.29) is 5.56 Å². The van der Waals surface area contributed by atoms with Crippen LogP contribution in [0.3, 0.4) is 0 Å². The third kappa shape index (κ3) is 3.46. The monoisotopic (exact) mass is 284 g/mol. The number of hydrogen-bond donors (Lipinski definition) is 1. The minimum atomic E-state index is -2.50. The number of hydrogen-bond acceptors (Lipinski definition) is 3. The van der Waals surface area contributed by atoms with E-state index in [0.717, 1.165) is 50.3 Å². The van der Waals surface area contributed by atoms with Crippen molar-refractivity contribution in [3.8, 4) is 5.75 Å². The Morgan fingerprint density at radius 3 is 2.60 bits per heavy atom. The van der Waals surface area contributed by atoms with Gasteiger partial charge in [-0.2, -0.15) is 0 Å². The van der Waals surface area contributed by atoms with Gasteiger partial charge in [-0.1, -0.05) is 6.07 Å². The van der Waals surface area contributed by atoms with Crippen molar-refractivity contribution in [1.82, 2.24) is 10.2 Å². The van der Waals surface area contributed by atoms with E-state index in [1.165, 1.54) is 13.2 Å². The quantitative estimate of drug-likeness (QED) is 0.898. The highest BCUT2D eigenvalue weighted by molar-refractivity contribution is 5.47. The molecule has 0 spiro atoms. The fourth-order valence-corrected chi connectivity index (χ4v) is 2.67. The molecule has 0 aromatic heterocycles. The highest BCUT2D eigenvalue weighted by Gasteiger charge is 2.19. The minimum absolute atomic E-state index is 0.00610. The first-order chi connectivity index (χ1) is 9.63. The predicted molar refractivity (Wildman–Crippen MR) is 75.7 cm³/mol. The van der Waals surface area contributed by atoms with Gasteiger partial charge in [0.2, 0.25) is 0 Å². The molecule has 1 fully saturated rings. The summed E-state index contributed by atoms with van der Waals surface area (Å²) in [5, 5.41) is 3.31. The fourth-order valence-electron chi connectivity index (χ4n) is 2.67. The zero-order chi connectivity index (χ0) is 14.5. The van der Waals surface area contributed by atoms with Crippen LogP contribution in [0.5, 0.6) is 5.75 Å². The van der Waals surface area contributed by atoms with Gasteiger partial charge in [0.25, 0.3) is 6.43 Å². The highest BCUT2D eigenvalue weighted by Crippen LogP contribution is 2.34. The van der Waals surface area contributed by atoms with E-state index in [1.54, 1.807) is 6.07 Å². The number of ether oxygens (including phenoxy) is 1. The number of aryl methyl sites for hydroxylation is 1. The van der Waals surface area contributed by atoms with Crippen molar-refractivity contribution in [1.29, 1.82) is 0 Å². The van der Waals surface area contributed by atoms with Gasteiger partial charge in [-0.15, -0.1) is 0 Å². The summed E-state index contributed by atoms with van der Waals surface area (Å²) in [6.45, 7) is 6.84. The van der Waals surface area contributed by atoms with Crippen LogP contribution in [-0.4, -0.2) is 44.7 Å². The van der Waals surface area contributed by atoms with Gasteiger partial charge in [0.05, 0.1) is 12.7 Å². The van der Waals surface area contributed by atoms with Gasteiger partial charge in [0.15, 0.2) is 0 Å². The molecular weight excluding hydrogens is 262 g/mol. The Kier molecular flexibility index (Phi) is 5.31. The normalized spacial score (nSPS) is 16.6. The van der Waals surface area contributed by atoms with Crippen molar-refractivity contribution in [3.05, 3.63) is 28.8 Å². The predicted octanol–water partition coefficient (Wildman–Crippen LogP) is 2.39. The lowest BCUT2D eigenvalue weighted by molar-refractivity contribution is 0.146. The number of alkyl halides is 2. The van der Waals surface area contributed by atoms with Crippen molar-refractivity contribution < 1.29 is 13.5 Å². The van der Waals surface area contributed by atoms with E-state index in [2.05, 4.69) is 10.2 Å². The van der Waals surface area contributed by atoms with Crippen molar-refractivity contribution in [3.63, 3.8) is 0 Å². The third-order valence-electron chi connectivity index (χ3n) is 3.85. The summed E-state index contributed by atoms with van der Waals surface area (Å²) in [6.07, 6.45) is -1.75. The molecule has 3 nitrogen and oxygen atoms in total. The van der Waals surface area contributed by atoms with Crippen molar-refractivity contribution >= 4 is 0 Å². The summed E-state index contributed by atoms with van der Waals surface area (Å²) in [5.74, 6) is 0.357. The number of benzene rings is 1. The second-order valence-corrected chi connectivity index (χ2v) is 5.13. The smallest absolute Gasteiger partial charge is 0.267 e. The SMILES string of the molecule is COc1c(C(F)F)ccc(C)c1CCN1CCNCC1. The Bertz CT molecular complexity index is 446. The van der Waals surface area contributed by atoms with Crippen LogP contribution < -0.4 is 10.1 Å². The van der Waals surface area contributed by atoms with Crippen LogP contribution in [0.1, 0.15) is 23.1 Å². The summed E-state index contributed by atoms with van der Waals surface area (Å²) in [5.41, 5.74) is 1.92. The summed E-state index contributed by atoms with van der Waals surface area (Å²) >= 11 is 0. The standard InChI is InChI=1S/C15H22F2N2O/c1-11-3-4-13(15(16)17)14(20-2)12(11)5-8-19-9-6-18-7-10-19/h3-4,15,18H,5-10H2,1-2H3. The second-order valence-electron chi connectivity index (χ2n) is 5.13. The largest absolute Gasteiger partial charge is 0.496 e. The zero-order valence-electron chi connectivity index (χ0n) is 12.1. The molecule has 1 aliphatic heterocycles. The summed E-state index contributed by atoms with van der Waals surface area (Å²) in [7, 11) is 1.47. The van der Waals surface area contributed by atoms with Crippen LogP contribution in [0.25, 0.3) is 0 Å². The number of nitrogens with one attached hydrogen (secondary N) is 1. The molecule has 1 N–H and O–H groups in total. The summed E-state index contributed by atoms with van der Waals surface area (Å²) in [4.78, 5) is 2.35. The Labute approximate surface area is 118 Å². The molecule has 1 aromatic carbocycles. The molecule has 0 unspecified atom stereocenters. The average Bonchev–Trinajstić information content (AvgIpc) is 2.46. The molecule has 0 aliphatic carbocycles.